The zero-order valence-corrected chi connectivity index (χ0v) is 17.6. The van der Waals surface area contributed by atoms with Crippen molar-refractivity contribution >= 4 is 5.71 Å². The van der Waals surface area contributed by atoms with Crippen molar-refractivity contribution in [1.82, 2.24) is 0 Å². The van der Waals surface area contributed by atoms with Gasteiger partial charge in [0.25, 0.3) is 0 Å². The Morgan fingerprint density at radius 3 is 2.41 bits per heavy atom. The van der Waals surface area contributed by atoms with E-state index in [1.54, 1.807) is 0 Å². The molecule has 6 fully saturated rings. The predicted molar refractivity (Wildman–Crippen MR) is 106 cm³/mol. The summed E-state index contributed by atoms with van der Waals surface area (Å²) in [6.45, 7) is 4.76. The van der Waals surface area contributed by atoms with Crippen LogP contribution in [0.1, 0.15) is 64.7 Å². The second-order valence-corrected chi connectivity index (χ2v) is 10.6. The van der Waals surface area contributed by atoms with Crippen LogP contribution in [0.2, 0.25) is 0 Å². The molecule has 2 heterocycles. The minimum absolute atomic E-state index is 0.280. The minimum atomic E-state index is -0.606. The molecule has 0 amide bonds. The number of hydrogen-bond donors (Lipinski definition) is 1. The smallest absolute Gasteiger partial charge is 0.179 e. The van der Waals surface area contributed by atoms with Crippen LogP contribution in [0.4, 0.5) is 0 Å². The van der Waals surface area contributed by atoms with Crippen LogP contribution >= 0.6 is 0 Å². The molecule has 6 aliphatic rings. The van der Waals surface area contributed by atoms with Crippen LogP contribution in [0, 0.1) is 34.5 Å². The second kappa shape index (κ2) is 6.65. The van der Waals surface area contributed by atoms with Gasteiger partial charge in [0, 0.05) is 12.3 Å². The van der Waals surface area contributed by atoms with Crippen molar-refractivity contribution in [3.63, 3.8) is 0 Å². The van der Waals surface area contributed by atoms with Crippen molar-refractivity contribution in [3.05, 3.63) is 0 Å². The van der Waals surface area contributed by atoms with E-state index in [-0.39, 0.29) is 17.6 Å². The summed E-state index contributed by atoms with van der Waals surface area (Å²) < 4.78 is 25.5. The molecule has 0 aromatic carbocycles. The van der Waals surface area contributed by atoms with Gasteiger partial charge in [-0.05, 0) is 61.7 Å². The van der Waals surface area contributed by atoms with E-state index in [1.165, 1.54) is 25.7 Å². The number of hydrogen-bond acceptors (Lipinski definition) is 6. The summed E-state index contributed by atoms with van der Waals surface area (Å²) >= 11 is 0. The van der Waals surface area contributed by atoms with Crippen molar-refractivity contribution in [2.45, 2.75) is 76.8 Å². The first-order chi connectivity index (χ1) is 14.1. The minimum Gasteiger partial charge on any atom is -0.411 e. The first-order valence-electron chi connectivity index (χ1n) is 11.9. The SMILES string of the molecule is C[C@]12CCCC[C@@H]1C/C(=N\O)[C@@H]1[C@@H]2CC[C@]23C4OCCOC2(CC[C@@H]13)OCCO4. The number of fused-ring (bicyclic) bond motifs is 4. The van der Waals surface area contributed by atoms with E-state index in [0.717, 1.165) is 37.8 Å². The van der Waals surface area contributed by atoms with Gasteiger partial charge in [0.05, 0.1) is 37.6 Å². The van der Waals surface area contributed by atoms with Gasteiger partial charge in [-0.15, -0.1) is 0 Å². The van der Waals surface area contributed by atoms with Crippen LogP contribution in [-0.2, 0) is 18.9 Å². The van der Waals surface area contributed by atoms with Crippen molar-refractivity contribution < 1.29 is 24.2 Å². The highest BCUT2D eigenvalue weighted by Gasteiger charge is 2.73. The molecular weight excluding hydrogens is 370 g/mol. The molecule has 6 atom stereocenters. The van der Waals surface area contributed by atoms with Gasteiger partial charge >= 0.3 is 0 Å². The Bertz CT molecular complexity index is 685. The molecule has 2 saturated heterocycles. The van der Waals surface area contributed by atoms with E-state index < -0.39 is 5.79 Å². The quantitative estimate of drug-likeness (QED) is 0.488. The second-order valence-electron chi connectivity index (χ2n) is 10.6. The highest BCUT2D eigenvalue weighted by atomic mass is 16.8. The summed E-state index contributed by atoms with van der Waals surface area (Å²) in [5.41, 5.74) is 1.09. The van der Waals surface area contributed by atoms with E-state index in [2.05, 4.69) is 12.1 Å². The fraction of sp³-hybridized carbons (Fsp3) is 0.957. The molecule has 4 aliphatic carbocycles. The fourth-order valence-corrected chi connectivity index (χ4v) is 8.80. The summed E-state index contributed by atoms with van der Waals surface area (Å²) in [7, 11) is 0. The van der Waals surface area contributed by atoms with Gasteiger partial charge in [-0.2, -0.15) is 0 Å². The third kappa shape index (κ3) is 2.35. The Morgan fingerprint density at radius 2 is 1.66 bits per heavy atom. The summed E-state index contributed by atoms with van der Waals surface area (Å²) in [5, 5.41) is 14.0. The van der Waals surface area contributed by atoms with E-state index in [0.29, 0.717) is 49.6 Å². The van der Waals surface area contributed by atoms with Gasteiger partial charge < -0.3 is 24.2 Å². The van der Waals surface area contributed by atoms with Crippen LogP contribution in [-0.4, -0.2) is 49.4 Å². The Morgan fingerprint density at radius 1 is 0.897 bits per heavy atom. The topological polar surface area (TPSA) is 69.5 Å². The zero-order valence-electron chi connectivity index (χ0n) is 17.6. The monoisotopic (exact) mass is 405 g/mol. The van der Waals surface area contributed by atoms with Crippen LogP contribution in [0.25, 0.3) is 0 Å². The molecule has 2 bridgehead atoms. The number of nitrogens with zero attached hydrogens (tertiary/aromatic N) is 1. The molecule has 0 aromatic heterocycles. The third-order valence-corrected chi connectivity index (χ3v) is 9.95. The Hall–Kier alpha value is -0.690. The Balaban J connectivity index is 1.46. The average Bonchev–Trinajstić information content (AvgIpc) is 2.90. The standard InChI is InChI=1S/C23H35NO5/c1-21-7-3-2-4-15(21)14-18(24-25)19-16(21)5-8-22-17(19)6-9-23(22)28-12-10-26-20(22)27-11-13-29-23/h15-17,19-20,25H,2-14H2,1H3/b24-18+/t15-,16+,17+,19-,20?,21+,22+,23?/m1/s1. The van der Waals surface area contributed by atoms with E-state index in [9.17, 15) is 5.21 Å². The Kier molecular flexibility index (Phi) is 4.36. The summed E-state index contributed by atoms with van der Waals surface area (Å²) in [4.78, 5) is 0. The number of oxime groups is 1. The van der Waals surface area contributed by atoms with Crippen molar-refractivity contribution in [2.24, 2.45) is 39.7 Å². The lowest BCUT2D eigenvalue weighted by Gasteiger charge is -2.62. The van der Waals surface area contributed by atoms with E-state index in [1.807, 2.05) is 0 Å². The fourth-order valence-electron chi connectivity index (χ4n) is 8.80. The highest BCUT2D eigenvalue weighted by Crippen LogP contribution is 2.70. The molecule has 6 nitrogen and oxygen atoms in total. The lowest BCUT2D eigenvalue weighted by molar-refractivity contribution is -0.314. The first-order valence-corrected chi connectivity index (χ1v) is 11.9. The van der Waals surface area contributed by atoms with E-state index >= 15 is 0 Å². The lowest BCUT2D eigenvalue weighted by atomic mass is 9.44. The highest BCUT2D eigenvalue weighted by molar-refractivity contribution is 5.88. The molecule has 29 heavy (non-hydrogen) atoms. The van der Waals surface area contributed by atoms with Crippen LogP contribution in [0.3, 0.4) is 0 Å². The molecular formula is C23H35NO5. The number of ether oxygens (including phenoxy) is 4. The maximum atomic E-state index is 10.1. The zero-order chi connectivity index (χ0) is 19.7. The largest absolute Gasteiger partial charge is 0.411 e. The molecule has 6 heteroatoms. The molecule has 4 saturated carbocycles. The van der Waals surface area contributed by atoms with Crippen molar-refractivity contribution in [1.29, 1.82) is 0 Å². The lowest BCUT2D eigenvalue weighted by Crippen LogP contribution is -2.63. The van der Waals surface area contributed by atoms with Gasteiger partial charge in [0.15, 0.2) is 12.1 Å². The van der Waals surface area contributed by atoms with Gasteiger partial charge in [0.2, 0.25) is 0 Å². The summed E-state index contributed by atoms with van der Waals surface area (Å²) in [6.07, 6.45) is 9.97. The maximum Gasteiger partial charge on any atom is 0.179 e. The van der Waals surface area contributed by atoms with Gasteiger partial charge in [0.1, 0.15) is 0 Å². The molecule has 0 aromatic rings. The molecule has 162 valence electrons. The van der Waals surface area contributed by atoms with Gasteiger partial charge in [-0.1, -0.05) is 24.9 Å². The normalized spacial score (nSPS) is 55.8. The molecule has 6 rings (SSSR count). The molecule has 0 radical (unpaired) electrons. The van der Waals surface area contributed by atoms with Crippen LogP contribution < -0.4 is 0 Å². The average molecular weight is 406 g/mol. The third-order valence-electron chi connectivity index (χ3n) is 9.95. The summed E-state index contributed by atoms with van der Waals surface area (Å²) in [6, 6.07) is 0. The van der Waals surface area contributed by atoms with Gasteiger partial charge in [-0.3, -0.25) is 0 Å². The Labute approximate surface area is 173 Å². The molecule has 1 spiro atoms. The maximum absolute atomic E-state index is 10.1. The van der Waals surface area contributed by atoms with E-state index in [4.69, 9.17) is 18.9 Å². The first kappa shape index (κ1) is 19.0. The predicted octanol–water partition coefficient (Wildman–Crippen LogP) is 3.96. The summed E-state index contributed by atoms with van der Waals surface area (Å²) in [5.74, 6) is 1.24. The van der Waals surface area contributed by atoms with Crippen LogP contribution in [0.5, 0.6) is 0 Å². The van der Waals surface area contributed by atoms with Crippen LogP contribution in [0.15, 0.2) is 5.16 Å². The van der Waals surface area contributed by atoms with Crippen molar-refractivity contribution in [3.8, 4) is 0 Å². The number of rotatable bonds is 0. The van der Waals surface area contributed by atoms with Gasteiger partial charge in [-0.25, -0.2) is 0 Å². The molecule has 2 aliphatic heterocycles. The molecule has 1 N–H and O–H groups in total. The molecule has 0 unspecified atom stereocenters. The van der Waals surface area contributed by atoms with Crippen molar-refractivity contribution in [2.75, 3.05) is 26.4 Å².